The number of rotatable bonds is 2. The minimum absolute atomic E-state index is 0. The zero-order valence-electron chi connectivity index (χ0n) is 7.95. The molecule has 0 spiro atoms. The molecule has 1 aromatic carbocycles. The van der Waals surface area contributed by atoms with E-state index in [-0.39, 0.29) is 31.0 Å². The van der Waals surface area contributed by atoms with Crippen LogP contribution in [0.3, 0.4) is 0 Å². The maximum Gasteiger partial charge on any atom is 1.00 e. The number of carboxylic acids is 1. The quantitative estimate of drug-likeness (QED) is 0.509. The Morgan fingerprint density at radius 1 is 1.42 bits per heavy atom. The molecule has 0 atom stereocenters. The van der Waals surface area contributed by atoms with Gasteiger partial charge in [0.25, 0.3) is 0 Å². The molecule has 12 heavy (non-hydrogen) atoms. The zero-order chi connectivity index (χ0) is 8.27. The molecule has 0 saturated heterocycles. The monoisotopic (exact) mass is 175 g/mol. The summed E-state index contributed by atoms with van der Waals surface area (Å²) in [6.07, 6.45) is 0. The first-order chi connectivity index (χ1) is 5.24. The molecule has 1 aromatic rings. The van der Waals surface area contributed by atoms with Gasteiger partial charge >= 0.3 is 35.5 Å². The van der Waals surface area contributed by atoms with E-state index in [2.05, 4.69) is 0 Å². The minimum Gasteiger partial charge on any atom is -1.00 e. The molecule has 0 radical (unpaired) electrons. The molecule has 0 bridgehead atoms. The van der Waals surface area contributed by atoms with Crippen LogP contribution in [0.2, 0.25) is 0 Å². The van der Waals surface area contributed by atoms with Crippen LogP contribution in [0.5, 0.6) is 0 Å². The Bertz CT molecular complexity index is 263. The smallest absolute Gasteiger partial charge is 1.00 e. The molecule has 60 valence electrons. The zero-order valence-corrected chi connectivity index (χ0v) is 8.95. The summed E-state index contributed by atoms with van der Waals surface area (Å²) in [7, 11) is 0. The van der Waals surface area contributed by atoms with Gasteiger partial charge in [-0.05, 0) is 17.7 Å². The maximum absolute atomic E-state index is 10.4. The molecule has 4 heteroatoms. The van der Waals surface area contributed by atoms with E-state index in [9.17, 15) is 4.79 Å². The number of hydrogen-bond acceptors (Lipinski definition) is 2. The molecule has 3 nitrogen and oxygen atoms in total. The average molecular weight is 175 g/mol. The van der Waals surface area contributed by atoms with E-state index >= 15 is 0 Å². The topological polar surface area (TPSA) is 63.3 Å². The third kappa shape index (κ3) is 2.95. The van der Waals surface area contributed by atoms with E-state index in [0.29, 0.717) is 12.1 Å². The van der Waals surface area contributed by atoms with Crippen molar-refractivity contribution in [2.75, 3.05) is 0 Å². The Balaban J connectivity index is 0. The first-order valence-corrected chi connectivity index (χ1v) is 3.26. The second-order valence-electron chi connectivity index (χ2n) is 2.21. The van der Waals surface area contributed by atoms with Crippen LogP contribution >= 0.6 is 0 Å². The van der Waals surface area contributed by atoms with E-state index in [1.54, 1.807) is 24.3 Å². The van der Waals surface area contributed by atoms with Gasteiger partial charge in [0, 0.05) is 6.54 Å². The molecule has 0 aromatic heterocycles. The predicted octanol–water partition coefficient (Wildman–Crippen LogP) is -2.04. The molecule has 3 N–H and O–H groups in total. The van der Waals surface area contributed by atoms with Crippen molar-refractivity contribution in [3.8, 4) is 0 Å². The van der Waals surface area contributed by atoms with E-state index in [1.807, 2.05) is 0 Å². The maximum atomic E-state index is 10.4. The molecule has 0 aliphatic carbocycles. The van der Waals surface area contributed by atoms with Crippen LogP contribution in [0.25, 0.3) is 0 Å². The second-order valence-corrected chi connectivity index (χ2v) is 2.21. The van der Waals surface area contributed by atoms with Gasteiger partial charge in [-0.15, -0.1) is 0 Å². The fourth-order valence-corrected chi connectivity index (χ4v) is 0.783. The van der Waals surface area contributed by atoms with Gasteiger partial charge in [0.05, 0.1) is 5.56 Å². The van der Waals surface area contributed by atoms with Gasteiger partial charge in [0.2, 0.25) is 0 Å². The van der Waals surface area contributed by atoms with Crippen molar-refractivity contribution in [1.82, 2.24) is 0 Å². The summed E-state index contributed by atoms with van der Waals surface area (Å²) in [5.74, 6) is -0.909. The number of benzene rings is 1. The Hall–Kier alpha value is -0.350. The van der Waals surface area contributed by atoms with Crippen LogP contribution in [0.4, 0.5) is 0 Å². The van der Waals surface area contributed by atoms with Crippen LogP contribution < -0.4 is 35.3 Å². The second kappa shape index (κ2) is 5.32. The molecular weight excluding hydrogens is 165 g/mol. The van der Waals surface area contributed by atoms with E-state index in [4.69, 9.17) is 10.8 Å². The predicted molar refractivity (Wildman–Crippen MR) is 42.4 cm³/mol. The Kier molecular flexibility index (Phi) is 5.17. The number of hydrogen-bond donors (Lipinski definition) is 2. The van der Waals surface area contributed by atoms with Crippen molar-refractivity contribution in [3.05, 3.63) is 35.4 Å². The van der Waals surface area contributed by atoms with Crippen molar-refractivity contribution in [1.29, 1.82) is 0 Å². The van der Waals surface area contributed by atoms with Crippen molar-refractivity contribution in [2.45, 2.75) is 6.54 Å². The molecule has 0 saturated carbocycles. The summed E-state index contributed by atoms with van der Waals surface area (Å²) < 4.78 is 0. The molecule has 1 rings (SSSR count). The largest absolute Gasteiger partial charge is 1.00 e. The van der Waals surface area contributed by atoms with Gasteiger partial charge in [0.1, 0.15) is 0 Å². The summed E-state index contributed by atoms with van der Waals surface area (Å²) >= 11 is 0. The molecule has 0 amide bonds. The Labute approximate surface area is 94.4 Å². The molecule has 0 aliphatic rings. The first-order valence-electron chi connectivity index (χ1n) is 3.26. The summed E-state index contributed by atoms with van der Waals surface area (Å²) in [6.45, 7) is 0.444. The molecule has 0 heterocycles. The molecule has 0 fully saturated rings. The van der Waals surface area contributed by atoms with Gasteiger partial charge in [-0.25, -0.2) is 4.79 Å². The number of aromatic carboxylic acids is 1. The van der Waals surface area contributed by atoms with E-state index < -0.39 is 5.97 Å². The van der Waals surface area contributed by atoms with Gasteiger partial charge in [0.15, 0.2) is 0 Å². The van der Waals surface area contributed by atoms with Crippen LogP contribution in [-0.4, -0.2) is 11.1 Å². The van der Waals surface area contributed by atoms with Gasteiger partial charge in [-0.2, -0.15) is 0 Å². The Morgan fingerprint density at radius 2 is 1.92 bits per heavy atom. The summed E-state index contributed by atoms with van der Waals surface area (Å²) in [5, 5.41) is 8.52. The van der Waals surface area contributed by atoms with Crippen LogP contribution in [0.1, 0.15) is 17.3 Å². The van der Waals surface area contributed by atoms with Gasteiger partial charge in [-0.3, -0.25) is 0 Å². The third-order valence-corrected chi connectivity index (χ3v) is 1.44. The fraction of sp³-hybridized carbons (Fsp3) is 0.125. The summed E-state index contributed by atoms with van der Waals surface area (Å²) in [5.41, 5.74) is 6.56. The van der Waals surface area contributed by atoms with Gasteiger partial charge < -0.3 is 12.3 Å². The normalized spacial score (nSPS) is 8.75. The van der Waals surface area contributed by atoms with Crippen molar-refractivity contribution < 1.29 is 40.9 Å². The SMILES string of the molecule is NCc1ccc(C(=O)O)cc1.[H-].[Na+]. The summed E-state index contributed by atoms with van der Waals surface area (Å²) in [4.78, 5) is 10.4. The van der Waals surface area contributed by atoms with E-state index in [1.165, 1.54) is 0 Å². The Morgan fingerprint density at radius 3 is 2.25 bits per heavy atom. The van der Waals surface area contributed by atoms with Crippen molar-refractivity contribution >= 4 is 5.97 Å². The number of carboxylic acid groups (broad SMARTS) is 1. The molecular formula is C8H10NNaO2. The molecule has 0 aliphatic heterocycles. The third-order valence-electron chi connectivity index (χ3n) is 1.44. The number of carbonyl (C=O) groups is 1. The van der Waals surface area contributed by atoms with Crippen LogP contribution in [-0.2, 0) is 6.54 Å². The summed E-state index contributed by atoms with van der Waals surface area (Å²) in [6, 6.07) is 6.52. The minimum atomic E-state index is -0.909. The average Bonchev–Trinajstić information content (AvgIpc) is 2.05. The van der Waals surface area contributed by atoms with Crippen LogP contribution in [0.15, 0.2) is 24.3 Å². The first kappa shape index (κ1) is 11.6. The van der Waals surface area contributed by atoms with Crippen molar-refractivity contribution in [2.24, 2.45) is 5.73 Å². The van der Waals surface area contributed by atoms with Crippen molar-refractivity contribution in [3.63, 3.8) is 0 Å². The fourth-order valence-electron chi connectivity index (χ4n) is 0.783. The van der Waals surface area contributed by atoms with Gasteiger partial charge in [-0.1, -0.05) is 12.1 Å². The van der Waals surface area contributed by atoms with E-state index in [0.717, 1.165) is 5.56 Å². The van der Waals surface area contributed by atoms with Crippen LogP contribution in [0, 0.1) is 0 Å². The number of nitrogens with two attached hydrogens (primary N) is 1. The standard InChI is InChI=1S/C8H9NO2.Na.H/c9-5-6-1-3-7(4-2-6)8(10)11;;/h1-4H,5,9H2,(H,10,11);;/q;+1;-1. The molecule has 0 unspecified atom stereocenters.